The van der Waals surface area contributed by atoms with Crippen LogP contribution < -0.4 is 4.74 Å². The molecular weight excluding hydrogens is 320 g/mol. The van der Waals surface area contributed by atoms with Crippen molar-refractivity contribution in [3.63, 3.8) is 0 Å². The van der Waals surface area contributed by atoms with Crippen molar-refractivity contribution in [1.29, 1.82) is 0 Å². The topological polar surface area (TPSA) is 64.8 Å². The third-order valence-corrected chi connectivity index (χ3v) is 4.84. The molecule has 1 atom stereocenters. The van der Waals surface area contributed by atoms with Gasteiger partial charge >= 0.3 is 0 Å². The summed E-state index contributed by atoms with van der Waals surface area (Å²) in [6, 6.07) is 5.70. The molecular formula is C19H26N2O4. The third kappa shape index (κ3) is 3.79. The van der Waals surface area contributed by atoms with Crippen LogP contribution >= 0.6 is 0 Å². The number of amides is 1. The van der Waals surface area contributed by atoms with Gasteiger partial charge in [-0.1, -0.05) is 5.16 Å². The summed E-state index contributed by atoms with van der Waals surface area (Å²) in [7, 11) is 1.62. The Balaban J connectivity index is 1.78. The first-order valence-corrected chi connectivity index (χ1v) is 8.79. The van der Waals surface area contributed by atoms with E-state index in [1.165, 1.54) is 0 Å². The zero-order valence-corrected chi connectivity index (χ0v) is 15.4. The second kappa shape index (κ2) is 7.04. The molecule has 1 amide bonds. The number of likely N-dealkylation sites (N-methyl/N-ethyl adjacent to an activating group) is 1. The first kappa shape index (κ1) is 17.7. The molecule has 0 N–H and O–H groups in total. The van der Waals surface area contributed by atoms with Crippen LogP contribution in [-0.4, -0.2) is 47.9 Å². The highest BCUT2D eigenvalue weighted by molar-refractivity contribution is 5.87. The Bertz CT molecular complexity index is 753. The Morgan fingerprint density at radius 3 is 2.92 bits per heavy atom. The fraction of sp³-hybridized carbons (Fsp3) is 0.579. The van der Waals surface area contributed by atoms with Crippen molar-refractivity contribution in [2.45, 2.75) is 51.7 Å². The Kier molecular flexibility index (Phi) is 4.99. The van der Waals surface area contributed by atoms with Gasteiger partial charge in [-0.15, -0.1) is 0 Å². The molecule has 2 heterocycles. The molecule has 1 aromatic heterocycles. The predicted molar refractivity (Wildman–Crippen MR) is 94.7 cm³/mol. The van der Waals surface area contributed by atoms with Gasteiger partial charge in [0, 0.05) is 24.6 Å². The van der Waals surface area contributed by atoms with Crippen molar-refractivity contribution >= 4 is 16.9 Å². The van der Waals surface area contributed by atoms with Gasteiger partial charge in [0.2, 0.25) is 5.91 Å². The first-order valence-electron chi connectivity index (χ1n) is 8.79. The number of ether oxygens (including phenoxy) is 2. The van der Waals surface area contributed by atoms with Gasteiger partial charge in [-0.05, 0) is 51.8 Å². The van der Waals surface area contributed by atoms with Gasteiger partial charge in [0.15, 0.2) is 5.58 Å². The molecule has 1 unspecified atom stereocenters. The van der Waals surface area contributed by atoms with E-state index in [0.29, 0.717) is 24.4 Å². The Hall–Kier alpha value is -2.08. The number of hydrogen-bond donors (Lipinski definition) is 0. The van der Waals surface area contributed by atoms with Crippen molar-refractivity contribution in [3.8, 4) is 5.75 Å². The average Bonchev–Trinajstić information content (AvgIpc) is 2.96. The lowest BCUT2D eigenvalue weighted by Gasteiger charge is -2.41. The molecule has 3 rings (SSSR count). The van der Waals surface area contributed by atoms with Crippen LogP contribution in [0.2, 0.25) is 0 Å². The molecule has 1 aromatic carbocycles. The highest BCUT2D eigenvalue weighted by atomic mass is 16.5. The molecule has 0 aliphatic carbocycles. The van der Waals surface area contributed by atoms with Crippen LogP contribution in [0.4, 0.5) is 0 Å². The van der Waals surface area contributed by atoms with E-state index in [-0.39, 0.29) is 24.0 Å². The van der Waals surface area contributed by atoms with Crippen molar-refractivity contribution in [1.82, 2.24) is 10.1 Å². The SMILES string of the molecule is CCN(C(=O)Cc1noc2ccc(OC)cc12)C1CCOC(C)(C)C1. The normalized spacial score (nSPS) is 19.8. The number of benzene rings is 1. The minimum absolute atomic E-state index is 0.0724. The van der Waals surface area contributed by atoms with Gasteiger partial charge in [0.1, 0.15) is 11.4 Å². The van der Waals surface area contributed by atoms with Crippen molar-refractivity contribution in [2.75, 3.05) is 20.3 Å². The van der Waals surface area contributed by atoms with Gasteiger partial charge < -0.3 is 18.9 Å². The maximum absolute atomic E-state index is 12.9. The molecule has 1 aliphatic rings. The minimum Gasteiger partial charge on any atom is -0.497 e. The molecule has 1 fully saturated rings. The van der Waals surface area contributed by atoms with E-state index in [1.807, 2.05) is 30.0 Å². The van der Waals surface area contributed by atoms with E-state index in [2.05, 4.69) is 19.0 Å². The summed E-state index contributed by atoms with van der Waals surface area (Å²) in [5.74, 6) is 0.797. The molecule has 1 aliphatic heterocycles. The molecule has 6 nitrogen and oxygen atoms in total. The molecule has 1 saturated heterocycles. The quantitative estimate of drug-likeness (QED) is 0.832. The lowest BCUT2D eigenvalue weighted by molar-refractivity contribution is -0.139. The van der Waals surface area contributed by atoms with Gasteiger partial charge in [-0.2, -0.15) is 0 Å². The van der Waals surface area contributed by atoms with Gasteiger partial charge in [-0.25, -0.2) is 0 Å². The van der Waals surface area contributed by atoms with Crippen LogP contribution in [0.15, 0.2) is 22.7 Å². The maximum Gasteiger partial charge on any atom is 0.228 e. The maximum atomic E-state index is 12.9. The summed E-state index contributed by atoms with van der Waals surface area (Å²) in [6.07, 6.45) is 1.95. The fourth-order valence-corrected chi connectivity index (χ4v) is 3.57. The van der Waals surface area contributed by atoms with Crippen LogP contribution in [-0.2, 0) is 16.0 Å². The summed E-state index contributed by atoms with van der Waals surface area (Å²) in [6.45, 7) is 7.54. The van der Waals surface area contributed by atoms with Gasteiger partial charge in [0.05, 0.1) is 19.1 Å². The molecule has 6 heteroatoms. The van der Waals surface area contributed by atoms with E-state index < -0.39 is 0 Å². The molecule has 25 heavy (non-hydrogen) atoms. The van der Waals surface area contributed by atoms with Crippen molar-refractivity contribution < 1.29 is 18.8 Å². The van der Waals surface area contributed by atoms with Gasteiger partial charge in [-0.3, -0.25) is 4.79 Å². The number of hydrogen-bond acceptors (Lipinski definition) is 5. The van der Waals surface area contributed by atoms with E-state index >= 15 is 0 Å². The highest BCUT2D eigenvalue weighted by Gasteiger charge is 2.34. The van der Waals surface area contributed by atoms with E-state index in [0.717, 1.165) is 24.0 Å². The second-order valence-electron chi connectivity index (χ2n) is 7.10. The highest BCUT2D eigenvalue weighted by Crippen LogP contribution is 2.29. The molecule has 0 radical (unpaired) electrons. The molecule has 136 valence electrons. The molecule has 2 aromatic rings. The average molecular weight is 346 g/mol. The summed E-state index contributed by atoms with van der Waals surface area (Å²) in [5, 5.41) is 4.93. The third-order valence-electron chi connectivity index (χ3n) is 4.84. The summed E-state index contributed by atoms with van der Waals surface area (Å²) in [4.78, 5) is 14.9. The predicted octanol–water partition coefficient (Wildman–Crippen LogP) is 3.19. The van der Waals surface area contributed by atoms with Crippen LogP contribution in [0.25, 0.3) is 11.0 Å². The zero-order chi connectivity index (χ0) is 18.0. The minimum atomic E-state index is -0.190. The number of carbonyl (C=O) groups is 1. The zero-order valence-electron chi connectivity index (χ0n) is 15.4. The standard InChI is InChI=1S/C19H26N2O4/c1-5-21(13-8-9-24-19(2,3)12-13)18(22)11-16-15-10-14(23-4)6-7-17(15)25-20-16/h6-7,10,13H,5,8-9,11-12H2,1-4H3. The summed E-state index contributed by atoms with van der Waals surface area (Å²) >= 11 is 0. The number of methoxy groups -OCH3 is 1. The number of rotatable bonds is 5. The van der Waals surface area contributed by atoms with E-state index in [4.69, 9.17) is 14.0 Å². The van der Waals surface area contributed by atoms with Gasteiger partial charge in [0.25, 0.3) is 0 Å². The van der Waals surface area contributed by atoms with E-state index in [1.54, 1.807) is 7.11 Å². The Morgan fingerprint density at radius 2 is 2.24 bits per heavy atom. The van der Waals surface area contributed by atoms with Crippen LogP contribution in [0.5, 0.6) is 5.75 Å². The molecule has 0 spiro atoms. The number of nitrogens with zero attached hydrogens (tertiary/aromatic N) is 2. The smallest absolute Gasteiger partial charge is 0.228 e. The first-order chi connectivity index (χ1) is 11.9. The number of fused-ring (bicyclic) bond motifs is 1. The van der Waals surface area contributed by atoms with Crippen LogP contribution in [0, 0.1) is 0 Å². The second-order valence-corrected chi connectivity index (χ2v) is 7.10. The lowest BCUT2D eigenvalue weighted by Crippen LogP contribution is -2.48. The van der Waals surface area contributed by atoms with Crippen LogP contribution in [0.3, 0.4) is 0 Å². The summed E-state index contributed by atoms with van der Waals surface area (Å²) in [5.41, 5.74) is 1.13. The van der Waals surface area contributed by atoms with E-state index in [9.17, 15) is 4.79 Å². The Morgan fingerprint density at radius 1 is 1.44 bits per heavy atom. The number of aromatic nitrogens is 1. The summed E-state index contributed by atoms with van der Waals surface area (Å²) < 4.78 is 16.4. The fourth-order valence-electron chi connectivity index (χ4n) is 3.57. The Labute approximate surface area is 148 Å². The van der Waals surface area contributed by atoms with Crippen LogP contribution in [0.1, 0.15) is 39.3 Å². The van der Waals surface area contributed by atoms with Crippen molar-refractivity contribution in [2.24, 2.45) is 0 Å². The van der Waals surface area contributed by atoms with Crippen molar-refractivity contribution in [3.05, 3.63) is 23.9 Å². The molecule has 0 saturated carbocycles. The number of carbonyl (C=O) groups excluding carboxylic acids is 1. The molecule has 0 bridgehead atoms. The monoisotopic (exact) mass is 346 g/mol. The largest absolute Gasteiger partial charge is 0.497 e. The lowest BCUT2D eigenvalue weighted by atomic mass is 9.92.